The lowest BCUT2D eigenvalue weighted by atomic mass is 9.95. The quantitative estimate of drug-likeness (QED) is 0.548. The summed E-state index contributed by atoms with van der Waals surface area (Å²) < 4.78 is 33.5. The monoisotopic (exact) mass is 450 g/mol. The highest BCUT2D eigenvalue weighted by Crippen LogP contribution is 2.43. The molecule has 0 bridgehead atoms. The van der Waals surface area contributed by atoms with E-state index in [9.17, 15) is 13.2 Å². The minimum Gasteiger partial charge on any atom is -0.492 e. The molecule has 1 heterocycles. The molecule has 3 aromatic carbocycles. The second-order valence-corrected chi connectivity index (χ2v) is 9.78. The van der Waals surface area contributed by atoms with Crippen molar-refractivity contribution in [2.45, 2.75) is 24.7 Å². The molecule has 1 amide bonds. The average Bonchev–Trinajstić information content (AvgIpc) is 2.80. The molecule has 7 heteroatoms. The van der Waals surface area contributed by atoms with E-state index in [0.717, 1.165) is 11.1 Å². The molecule has 1 N–H and O–H groups in total. The molecule has 6 nitrogen and oxygen atoms in total. The summed E-state index contributed by atoms with van der Waals surface area (Å²) in [7, 11) is -3.86. The molecule has 0 radical (unpaired) electrons. The first-order valence-corrected chi connectivity index (χ1v) is 12.0. The van der Waals surface area contributed by atoms with Gasteiger partial charge in [0.2, 0.25) is 5.91 Å². The van der Waals surface area contributed by atoms with Gasteiger partial charge in [-0.3, -0.25) is 9.10 Å². The maximum absolute atomic E-state index is 13.4. The summed E-state index contributed by atoms with van der Waals surface area (Å²) in [6.45, 7) is 4.46. The number of anilines is 1. The highest BCUT2D eigenvalue weighted by atomic mass is 32.2. The molecule has 0 unspecified atom stereocenters. The Hall–Kier alpha value is -3.32. The van der Waals surface area contributed by atoms with E-state index in [0.29, 0.717) is 29.5 Å². The number of sulfonamides is 1. The third kappa shape index (κ3) is 4.34. The van der Waals surface area contributed by atoms with Crippen LogP contribution in [0.25, 0.3) is 11.1 Å². The average molecular weight is 451 g/mol. The molecule has 1 aliphatic rings. The number of para-hydroxylation sites is 1. The van der Waals surface area contributed by atoms with Crippen molar-refractivity contribution >= 4 is 21.6 Å². The molecule has 0 spiro atoms. The second kappa shape index (κ2) is 9.04. The van der Waals surface area contributed by atoms with E-state index in [1.54, 1.807) is 18.2 Å². The van der Waals surface area contributed by atoms with Crippen molar-refractivity contribution in [3.63, 3.8) is 0 Å². The molecule has 0 aliphatic carbocycles. The van der Waals surface area contributed by atoms with Gasteiger partial charge in [0.05, 0.1) is 17.1 Å². The van der Waals surface area contributed by atoms with E-state index >= 15 is 0 Å². The Labute approximate surface area is 188 Å². The Morgan fingerprint density at radius 3 is 2.44 bits per heavy atom. The minimum atomic E-state index is -3.86. The first kappa shape index (κ1) is 21.9. The van der Waals surface area contributed by atoms with E-state index in [1.807, 2.05) is 54.6 Å². The number of ether oxygens (including phenoxy) is 1. The number of nitrogens with zero attached hydrogens (tertiary/aromatic N) is 1. The van der Waals surface area contributed by atoms with Crippen molar-refractivity contribution in [3.8, 4) is 16.9 Å². The molecule has 32 heavy (non-hydrogen) atoms. The molecule has 1 aliphatic heterocycles. The fraction of sp³-hybridized carbons (Fsp3) is 0.240. The maximum atomic E-state index is 13.4. The lowest BCUT2D eigenvalue weighted by molar-refractivity contribution is -0.119. The highest BCUT2D eigenvalue weighted by Gasteiger charge is 2.36. The molecule has 0 saturated carbocycles. The van der Waals surface area contributed by atoms with Crippen molar-refractivity contribution in [2.24, 2.45) is 0 Å². The number of hydrogen-bond donors (Lipinski definition) is 1. The van der Waals surface area contributed by atoms with E-state index in [1.165, 1.54) is 4.31 Å². The van der Waals surface area contributed by atoms with E-state index in [4.69, 9.17) is 4.74 Å². The van der Waals surface area contributed by atoms with Gasteiger partial charge in [-0.15, -0.1) is 0 Å². The number of carbonyl (C=O) groups excluding carboxylic acids is 1. The van der Waals surface area contributed by atoms with E-state index in [2.05, 4.69) is 19.2 Å². The Kier molecular flexibility index (Phi) is 6.19. The van der Waals surface area contributed by atoms with Crippen LogP contribution in [0.3, 0.4) is 0 Å². The third-order valence-electron chi connectivity index (χ3n) is 5.42. The van der Waals surface area contributed by atoms with Crippen LogP contribution in [0.4, 0.5) is 5.69 Å². The van der Waals surface area contributed by atoms with Gasteiger partial charge in [-0.05, 0) is 41.8 Å². The normalized spacial score (nSPS) is 13.9. The third-order valence-corrected chi connectivity index (χ3v) is 7.24. The van der Waals surface area contributed by atoms with E-state index in [-0.39, 0.29) is 23.9 Å². The minimum absolute atomic E-state index is 0.216. The number of carbonyl (C=O) groups is 1. The molecule has 166 valence electrons. The number of amides is 1. The zero-order chi connectivity index (χ0) is 22.7. The van der Waals surface area contributed by atoms with Crippen molar-refractivity contribution < 1.29 is 17.9 Å². The molecular weight excluding hydrogens is 424 g/mol. The van der Waals surface area contributed by atoms with Gasteiger partial charge in [-0.25, -0.2) is 8.42 Å². The molecule has 0 fully saturated rings. The number of fused-ring (bicyclic) bond motifs is 3. The molecule has 0 saturated heterocycles. The van der Waals surface area contributed by atoms with Crippen LogP contribution in [-0.2, 0) is 14.8 Å². The number of rotatable bonds is 7. The summed E-state index contributed by atoms with van der Waals surface area (Å²) in [5.41, 5.74) is 3.11. The summed E-state index contributed by atoms with van der Waals surface area (Å²) in [4.78, 5) is 12.9. The van der Waals surface area contributed by atoms with Crippen LogP contribution in [0.1, 0.15) is 25.3 Å². The van der Waals surface area contributed by atoms with Gasteiger partial charge in [-0.1, -0.05) is 56.3 Å². The van der Waals surface area contributed by atoms with Crippen LogP contribution in [0, 0.1) is 0 Å². The van der Waals surface area contributed by atoms with Crippen LogP contribution < -0.4 is 14.4 Å². The summed E-state index contributed by atoms with van der Waals surface area (Å²) >= 11 is 0. The lowest BCUT2D eigenvalue weighted by Crippen LogP contribution is -2.43. The topological polar surface area (TPSA) is 75.7 Å². The number of hydrogen-bond acceptors (Lipinski definition) is 4. The second-order valence-electron chi connectivity index (χ2n) is 7.95. The first-order valence-electron chi connectivity index (χ1n) is 10.6. The molecule has 0 aromatic heterocycles. The number of benzene rings is 3. The summed E-state index contributed by atoms with van der Waals surface area (Å²) in [5.74, 6) is 0.628. The Balaban J connectivity index is 1.54. The molecule has 3 aromatic rings. The van der Waals surface area contributed by atoms with Crippen LogP contribution in [0.5, 0.6) is 5.75 Å². The zero-order valence-electron chi connectivity index (χ0n) is 18.1. The zero-order valence-corrected chi connectivity index (χ0v) is 18.9. The van der Waals surface area contributed by atoms with Crippen molar-refractivity contribution in [3.05, 3.63) is 78.4 Å². The van der Waals surface area contributed by atoms with Crippen LogP contribution >= 0.6 is 0 Å². The molecule has 0 atom stereocenters. The first-order chi connectivity index (χ1) is 15.4. The SMILES string of the molecule is CC(C)c1ccc2c(c1)-c1ccccc1S(=O)(=O)N2CC(=O)NCCOc1ccccc1. The molecular formula is C25H26N2O4S. The summed E-state index contributed by atoms with van der Waals surface area (Å²) in [6.07, 6.45) is 0. The maximum Gasteiger partial charge on any atom is 0.265 e. The summed E-state index contributed by atoms with van der Waals surface area (Å²) in [5, 5.41) is 2.75. The predicted molar refractivity (Wildman–Crippen MR) is 125 cm³/mol. The van der Waals surface area contributed by atoms with Crippen LogP contribution in [-0.4, -0.2) is 34.0 Å². The van der Waals surface area contributed by atoms with E-state index < -0.39 is 10.0 Å². The Bertz CT molecular complexity index is 1220. The summed E-state index contributed by atoms with van der Waals surface area (Å²) in [6, 6.07) is 22.0. The van der Waals surface area contributed by atoms with Crippen LogP contribution in [0.2, 0.25) is 0 Å². The predicted octanol–water partition coefficient (Wildman–Crippen LogP) is 4.18. The van der Waals surface area contributed by atoms with Gasteiger partial charge in [0.1, 0.15) is 18.9 Å². The molecule has 4 rings (SSSR count). The van der Waals surface area contributed by atoms with Gasteiger partial charge in [0, 0.05) is 11.1 Å². The van der Waals surface area contributed by atoms with Gasteiger partial charge in [0.25, 0.3) is 10.0 Å². The number of nitrogens with one attached hydrogen (secondary N) is 1. The van der Waals surface area contributed by atoms with Gasteiger partial charge in [0.15, 0.2) is 0 Å². The van der Waals surface area contributed by atoms with Gasteiger partial charge < -0.3 is 10.1 Å². The Morgan fingerprint density at radius 2 is 1.69 bits per heavy atom. The smallest absolute Gasteiger partial charge is 0.265 e. The fourth-order valence-electron chi connectivity index (χ4n) is 3.74. The van der Waals surface area contributed by atoms with Crippen LogP contribution in [0.15, 0.2) is 77.7 Å². The van der Waals surface area contributed by atoms with Crippen molar-refractivity contribution in [1.29, 1.82) is 0 Å². The lowest BCUT2D eigenvalue weighted by Gasteiger charge is -2.32. The van der Waals surface area contributed by atoms with Crippen molar-refractivity contribution in [1.82, 2.24) is 5.32 Å². The fourth-order valence-corrected chi connectivity index (χ4v) is 5.39. The van der Waals surface area contributed by atoms with Crippen molar-refractivity contribution in [2.75, 3.05) is 24.0 Å². The standard InChI is InChI=1S/C25H26N2O4S/c1-18(2)19-12-13-23-22(16-19)21-10-6-7-11-24(21)32(29,30)27(23)17-25(28)26-14-15-31-20-8-4-3-5-9-20/h3-13,16,18H,14-15,17H2,1-2H3,(H,26,28). The Morgan fingerprint density at radius 1 is 0.969 bits per heavy atom. The largest absolute Gasteiger partial charge is 0.492 e. The van der Waals surface area contributed by atoms with Gasteiger partial charge >= 0.3 is 0 Å². The highest BCUT2D eigenvalue weighted by molar-refractivity contribution is 7.93. The van der Waals surface area contributed by atoms with Gasteiger partial charge in [-0.2, -0.15) is 0 Å².